The first-order chi connectivity index (χ1) is 8.56. The summed E-state index contributed by atoms with van der Waals surface area (Å²) in [5.41, 5.74) is 0. The molecule has 0 heterocycles. The highest BCUT2D eigenvalue weighted by molar-refractivity contribution is 7.98. The molecule has 2 N–H and O–H groups in total. The Kier molecular flexibility index (Phi) is 12.4. The third kappa shape index (κ3) is 12.7. The van der Waals surface area contributed by atoms with Gasteiger partial charge in [0.2, 0.25) is 0 Å². The summed E-state index contributed by atoms with van der Waals surface area (Å²) >= 11 is 1.86. The second-order valence-corrected chi connectivity index (χ2v) is 6.34. The third-order valence-corrected chi connectivity index (χ3v) is 3.48. The van der Waals surface area contributed by atoms with Crippen LogP contribution in [-0.2, 0) is 4.74 Å². The monoisotopic (exact) mass is 277 g/mol. The second-order valence-electron chi connectivity index (χ2n) is 5.36. The minimum Gasteiger partial charge on any atom is -0.389 e. The highest BCUT2D eigenvalue weighted by atomic mass is 32.2. The smallest absolute Gasteiger partial charge is 0.0897 e. The number of hydrogen-bond donors (Lipinski definition) is 2. The van der Waals surface area contributed by atoms with Crippen LogP contribution in [-0.4, -0.2) is 49.0 Å². The molecule has 0 aliphatic heterocycles. The zero-order chi connectivity index (χ0) is 13.8. The van der Waals surface area contributed by atoms with E-state index in [1.807, 2.05) is 11.8 Å². The molecule has 18 heavy (non-hydrogen) atoms. The number of rotatable bonds is 12. The van der Waals surface area contributed by atoms with Gasteiger partial charge in [0.1, 0.15) is 0 Å². The van der Waals surface area contributed by atoms with E-state index >= 15 is 0 Å². The van der Waals surface area contributed by atoms with Crippen molar-refractivity contribution in [3.05, 3.63) is 0 Å². The van der Waals surface area contributed by atoms with E-state index in [1.165, 1.54) is 6.42 Å². The molecule has 2 atom stereocenters. The second kappa shape index (κ2) is 12.3. The third-order valence-electron chi connectivity index (χ3n) is 2.84. The predicted octanol–water partition coefficient (Wildman–Crippen LogP) is 2.53. The molecule has 0 aliphatic carbocycles. The summed E-state index contributed by atoms with van der Waals surface area (Å²) in [4.78, 5) is 0. The maximum Gasteiger partial charge on any atom is 0.0897 e. The zero-order valence-corrected chi connectivity index (χ0v) is 13.3. The van der Waals surface area contributed by atoms with Gasteiger partial charge in [0, 0.05) is 19.2 Å². The predicted molar refractivity (Wildman–Crippen MR) is 81.4 cm³/mol. The topological polar surface area (TPSA) is 41.5 Å². The van der Waals surface area contributed by atoms with E-state index < -0.39 is 0 Å². The molecule has 0 fully saturated rings. The van der Waals surface area contributed by atoms with E-state index in [9.17, 15) is 5.11 Å². The van der Waals surface area contributed by atoms with Gasteiger partial charge in [-0.05, 0) is 44.1 Å². The summed E-state index contributed by atoms with van der Waals surface area (Å²) in [6, 6.07) is 0.466. The fraction of sp³-hybridized carbons (Fsp3) is 1.00. The van der Waals surface area contributed by atoms with Crippen molar-refractivity contribution in [2.45, 2.75) is 52.2 Å². The lowest BCUT2D eigenvalue weighted by molar-refractivity contribution is 0.0337. The van der Waals surface area contributed by atoms with Crippen molar-refractivity contribution >= 4 is 11.8 Å². The van der Waals surface area contributed by atoms with Crippen LogP contribution in [0.2, 0.25) is 0 Å². The molecule has 0 spiro atoms. The maximum absolute atomic E-state index is 9.74. The molecule has 0 aliphatic rings. The maximum atomic E-state index is 9.74. The molecule has 0 aromatic heterocycles. The van der Waals surface area contributed by atoms with Gasteiger partial charge in [0.25, 0.3) is 0 Å². The lowest BCUT2D eigenvalue weighted by Crippen LogP contribution is -2.36. The minimum atomic E-state index is -0.388. The summed E-state index contributed by atoms with van der Waals surface area (Å²) in [6.45, 7) is 8.42. The Bertz CT molecular complexity index is 179. The molecule has 0 rings (SSSR count). The Hall–Kier alpha value is 0.230. The molecular formula is C14H31NO2S. The van der Waals surface area contributed by atoms with Gasteiger partial charge in [-0.2, -0.15) is 11.8 Å². The van der Waals surface area contributed by atoms with Gasteiger partial charge in [0.05, 0.1) is 12.7 Å². The molecule has 0 saturated carbocycles. The van der Waals surface area contributed by atoms with Crippen LogP contribution in [0.15, 0.2) is 0 Å². The van der Waals surface area contributed by atoms with E-state index in [2.05, 4.69) is 32.3 Å². The van der Waals surface area contributed by atoms with E-state index in [-0.39, 0.29) is 6.10 Å². The lowest BCUT2D eigenvalue weighted by Gasteiger charge is -2.17. The van der Waals surface area contributed by atoms with Crippen LogP contribution < -0.4 is 5.32 Å². The van der Waals surface area contributed by atoms with Crippen molar-refractivity contribution in [1.29, 1.82) is 0 Å². The highest BCUT2D eigenvalue weighted by Crippen LogP contribution is 2.03. The molecule has 110 valence electrons. The average Bonchev–Trinajstić information content (AvgIpc) is 2.33. The van der Waals surface area contributed by atoms with Crippen molar-refractivity contribution in [1.82, 2.24) is 5.32 Å². The van der Waals surface area contributed by atoms with Crippen molar-refractivity contribution in [3.8, 4) is 0 Å². The molecule has 0 aromatic carbocycles. The van der Waals surface area contributed by atoms with Gasteiger partial charge in [0.15, 0.2) is 0 Å². The van der Waals surface area contributed by atoms with Gasteiger partial charge < -0.3 is 15.2 Å². The molecule has 2 unspecified atom stereocenters. The van der Waals surface area contributed by atoms with Crippen LogP contribution >= 0.6 is 11.8 Å². The normalized spacial score (nSPS) is 15.0. The quantitative estimate of drug-likeness (QED) is 0.538. The van der Waals surface area contributed by atoms with Gasteiger partial charge >= 0.3 is 0 Å². The minimum absolute atomic E-state index is 0.388. The molecule has 0 saturated heterocycles. The Labute approximate surface area is 117 Å². The first kappa shape index (κ1) is 18.2. The van der Waals surface area contributed by atoms with Crippen LogP contribution in [0.25, 0.3) is 0 Å². The van der Waals surface area contributed by atoms with Crippen LogP contribution in [0, 0.1) is 5.92 Å². The van der Waals surface area contributed by atoms with Crippen molar-refractivity contribution in [2.75, 3.05) is 31.8 Å². The van der Waals surface area contributed by atoms with Crippen molar-refractivity contribution < 1.29 is 9.84 Å². The van der Waals surface area contributed by atoms with Crippen LogP contribution in [0.1, 0.15) is 40.0 Å². The molecular weight excluding hydrogens is 246 g/mol. The van der Waals surface area contributed by atoms with Gasteiger partial charge in [-0.1, -0.05) is 13.8 Å². The van der Waals surface area contributed by atoms with Gasteiger partial charge in [-0.25, -0.2) is 0 Å². The first-order valence-corrected chi connectivity index (χ1v) is 8.43. The summed E-state index contributed by atoms with van der Waals surface area (Å²) in [7, 11) is 0. The molecule has 0 radical (unpaired) electrons. The standard InChI is InChI=1S/C14H31NO2S/c1-12(2)6-5-8-17-11-14(16)10-15-13(3)7-9-18-4/h12-16H,5-11H2,1-4H3. The summed E-state index contributed by atoms with van der Waals surface area (Å²) in [6.07, 6.45) is 5.15. The number of aliphatic hydroxyl groups excluding tert-OH is 1. The number of hydrogen-bond acceptors (Lipinski definition) is 4. The van der Waals surface area contributed by atoms with E-state index in [1.54, 1.807) is 0 Å². The summed E-state index contributed by atoms with van der Waals surface area (Å²) in [5, 5.41) is 13.1. The average molecular weight is 277 g/mol. The molecule has 3 nitrogen and oxygen atoms in total. The number of thioether (sulfide) groups is 1. The fourth-order valence-corrected chi connectivity index (χ4v) is 2.20. The number of aliphatic hydroxyl groups is 1. The molecule has 0 bridgehead atoms. The zero-order valence-electron chi connectivity index (χ0n) is 12.4. The van der Waals surface area contributed by atoms with E-state index in [0.29, 0.717) is 19.2 Å². The van der Waals surface area contributed by atoms with Crippen molar-refractivity contribution in [3.63, 3.8) is 0 Å². The largest absolute Gasteiger partial charge is 0.389 e. The Balaban J connectivity index is 3.34. The molecule has 0 amide bonds. The molecule has 4 heteroatoms. The van der Waals surface area contributed by atoms with Crippen LogP contribution in [0.4, 0.5) is 0 Å². The fourth-order valence-electron chi connectivity index (χ4n) is 1.61. The van der Waals surface area contributed by atoms with Crippen molar-refractivity contribution in [2.24, 2.45) is 5.92 Å². The lowest BCUT2D eigenvalue weighted by atomic mass is 10.1. The molecule has 0 aromatic rings. The first-order valence-electron chi connectivity index (χ1n) is 7.04. The Morgan fingerprint density at radius 3 is 2.56 bits per heavy atom. The summed E-state index contributed by atoms with van der Waals surface area (Å²) < 4.78 is 5.47. The Morgan fingerprint density at radius 1 is 1.22 bits per heavy atom. The summed E-state index contributed by atoms with van der Waals surface area (Å²) in [5.74, 6) is 1.90. The van der Waals surface area contributed by atoms with Gasteiger partial charge in [-0.15, -0.1) is 0 Å². The van der Waals surface area contributed by atoms with E-state index in [0.717, 1.165) is 31.1 Å². The number of ether oxygens (including phenoxy) is 1. The highest BCUT2D eigenvalue weighted by Gasteiger charge is 2.07. The SMILES string of the molecule is CSCCC(C)NCC(O)COCCCC(C)C. The Morgan fingerprint density at radius 2 is 1.94 bits per heavy atom. The van der Waals surface area contributed by atoms with E-state index in [4.69, 9.17) is 4.74 Å². The van der Waals surface area contributed by atoms with Crippen LogP contribution in [0.5, 0.6) is 0 Å². The number of nitrogens with one attached hydrogen (secondary N) is 1. The van der Waals surface area contributed by atoms with Crippen LogP contribution in [0.3, 0.4) is 0 Å². The van der Waals surface area contributed by atoms with Gasteiger partial charge in [-0.3, -0.25) is 0 Å².